The van der Waals surface area contributed by atoms with Gasteiger partial charge in [0.2, 0.25) is 10.0 Å². The number of halogens is 1. The van der Waals surface area contributed by atoms with E-state index in [9.17, 15) is 8.42 Å². The Morgan fingerprint density at radius 2 is 2.25 bits per heavy atom. The standard InChI is InChI=1S/C13H19ClN2O3S/c1-2-19-10-5-4-8-16(9-10)20(17,18)13-11(14)6-3-7-12(13)15/h3,6-7,10H,2,4-5,8-9,15H2,1H3. The average Bonchev–Trinajstić information content (AvgIpc) is 2.39. The second kappa shape index (κ2) is 6.30. The van der Waals surface area contributed by atoms with E-state index in [1.807, 2.05) is 6.92 Å². The molecule has 0 saturated carbocycles. The van der Waals surface area contributed by atoms with Crippen LogP contribution in [-0.4, -0.2) is 38.5 Å². The Morgan fingerprint density at radius 1 is 1.50 bits per heavy atom. The van der Waals surface area contributed by atoms with Crippen molar-refractivity contribution in [1.29, 1.82) is 0 Å². The van der Waals surface area contributed by atoms with Crippen LogP contribution in [0.25, 0.3) is 0 Å². The van der Waals surface area contributed by atoms with Crippen molar-refractivity contribution in [2.45, 2.75) is 30.8 Å². The van der Waals surface area contributed by atoms with Crippen molar-refractivity contribution in [3.63, 3.8) is 0 Å². The second-order valence-corrected chi connectivity index (χ2v) is 7.02. The maximum atomic E-state index is 12.7. The molecule has 0 radical (unpaired) electrons. The lowest BCUT2D eigenvalue weighted by Gasteiger charge is -2.32. The molecule has 0 spiro atoms. The van der Waals surface area contributed by atoms with Gasteiger partial charge in [0.1, 0.15) is 4.90 Å². The first-order valence-corrected chi connectivity index (χ1v) is 8.44. The number of ether oxygens (including phenoxy) is 1. The van der Waals surface area contributed by atoms with E-state index in [2.05, 4.69) is 0 Å². The summed E-state index contributed by atoms with van der Waals surface area (Å²) >= 11 is 6.01. The lowest BCUT2D eigenvalue weighted by molar-refractivity contribution is 0.0265. The van der Waals surface area contributed by atoms with Gasteiger partial charge in [-0.1, -0.05) is 17.7 Å². The molecule has 7 heteroatoms. The topological polar surface area (TPSA) is 72.6 Å². The molecule has 0 aromatic heterocycles. The first kappa shape index (κ1) is 15.6. The molecule has 0 bridgehead atoms. The number of anilines is 1. The maximum absolute atomic E-state index is 12.7. The average molecular weight is 319 g/mol. The maximum Gasteiger partial charge on any atom is 0.246 e. The molecule has 1 fully saturated rings. The minimum absolute atomic E-state index is 0.00110. The minimum Gasteiger partial charge on any atom is -0.398 e. The lowest BCUT2D eigenvalue weighted by atomic mass is 10.1. The van der Waals surface area contributed by atoms with Gasteiger partial charge in [0.25, 0.3) is 0 Å². The van der Waals surface area contributed by atoms with Gasteiger partial charge in [-0.3, -0.25) is 0 Å². The molecule has 1 aliphatic rings. The largest absolute Gasteiger partial charge is 0.398 e. The monoisotopic (exact) mass is 318 g/mol. The van der Waals surface area contributed by atoms with Crippen LogP contribution >= 0.6 is 11.6 Å². The molecule has 1 aromatic carbocycles. The van der Waals surface area contributed by atoms with Gasteiger partial charge in [0, 0.05) is 19.7 Å². The van der Waals surface area contributed by atoms with E-state index in [0.717, 1.165) is 12.8 Å². The van der Waals surface area contributed by atoms with Crippen LogP contribution in [0.3, 0.4) is 0 Å². The number of hydrogen-bond acceptors (Lipinski definition) is 4. The zero-order valence-corrected chi connectivity index (χ0v) is 13.0. The first-order chi connectivity index (χ1) is 9.46. The fourth-order valence-corrected chi connectivity index (χ4v) is 4.57. The molecular formula is C13H19ClN2O3S. The van der Waals surface area contributed by atoms with Crippen molar-refractivity contribution in [2.75, 3.05) is 25.4 Å². The molecule has 1 unspecified atom stereocenters. The van der Waals surface area contributed by atoms with Gasteiger partial charge in [0.05, 0.1) is 16.8 Å². The van der Waals surface area contributed by atoms with E-state index < -0.39 is 10.0 Å². The van der Waals surface area contributed by atoms with E-state index in [4.69, 9.17) is 22.1 Å². The second-order valence-electron chi connectivity index (χ2n) is 4.74. The van der Waals surface area contributed by atoms with E-state index in [0.29, 0.717) is 19.7 Å². The van der Waals surface area contributed by atoms with E-state index in [1.54, 1.807) is 12.1 Å². The molecule has 2 N–H and O–H groups in total. The van der Waals surface area contributed by atoms with Crippen LogP contribution < -0.4 is 5.73 Å². The van der Waals surface area contributed by atoms with Crippen LogP contribution in [0.15, 0.2) is 23.1 Å². The summed E-state index contributed by atoms with van der Waals surface area (Å²) in [4.78, 5) is -0.00110. The van der Waals surface area contributed by atoms with Gasteiger partial charge in [0.15, 0.2) is 0 Å². The summed E-state index contributed by atoms with van der Waals surface area (Å²) < 4.78 is 32.3. The normalized spacial score (nSPS) is 21.0. The zero-order chi connectivity index (χ0) is 14.8. The van der Waals surface area contributed by atoms with Crippen LogP contribution in [0.1, 0.15) is 19.8 Å². The highest BCUT2D eigenvalue weighted by Crippen LogP contribution is 2.31. The van der Waals surface area contributed by atoms with Gasteiger partial charge >= 0.3 is 0 Å². The molecule has 1 aromatic rings. The van der Waals surface area contributed by atoms with Crippen molar-refractivity contribution in [3.05, 3.63) is 23.2 Å². The van der Waals surface area contributed by atoms with Crippen molar-refractivity contribution >= 4 is 27.3 Å². The van der Waals surface area contributed by atoms with Gasteiger partial charge in [-0.15, -0.1) is 0 Å². The predicted octanol–water partition coefficient (Wildman–Crippen LogP) is 2.11. The van der Waals surface area contributed by atoms with E-state index in [-0.39, 0.29) is 21.7 Å². The summed E-state index contributed by atoms with van der Waals surface area (Å²) in [5.41, 5.74) is 5.96. The highest BCUT2D eigenvalue weighted by molar-refractivity contribution is 7.89. The Bertz CT molecular complexity index is 555. The number of benzene rings is 1. The Kier molecular flexibility index (Phi) is 4.90. The van der Waals surface area contributed by atoms with Crippen LogP contribution in [0.5, 0.6) is 0 Å². The van der Waals surface area contributed by atoms with Crippen LogP contribution in [0, 0.1) is 0 Å². The minimum atomic E-state index is -3.68. The molecule has 0 aliphatic carbocycles. The molecule has 1 aliphatic heterocycles. The summed E-state index contributed by atoms with van der Waals surface area (Å²) in [6.07, 6.45) is 1.58. The van der Waals surface area contributed by atoms with E-state index in [1.165, 1.54) is 10.4 Å². The molecule has 112 valence electrons. The number of piperidine rings is 1. The SMILES string of the molecule is CCOC1CCCN(S(=O)(=O)c2c(N)cccc2Cl)C1. The Balaban J connectivity index is 2.30. The smallest absolute Gasteiger partial charge is 0.246 e. The third kappa shape index (κ3) is 3.09. The third-order valence-corrected chi connectivity index (χ3v) is 5.75. The number of nitrogen functional groups attached to an aromatic ring is 1. The van der Waals surface area contributed by atoms with Gasteiger partial charge in [-0.25, -0.2) is 8.42 Å². The summed E-state index contributed by atoms with van der Waals surface area (Å²) in [5, 5.41) is 0.156. The molecule has 5 nitrogen and oxygen atoms in total. The van der Waals surface area contributed by atoms with Crippen molar-refractivity contribution in [1.82, 2.24) is 4.31 Å². The number of sulfonamides is 1. The van der Waals surface area contributed by atoms with Gasteiger partial charge < -0.3 is 10.5 Å². The Morgan fingerprint density at radius 3 is 2.90 bits per heavy atom. The molecule has 2 rings (SSSR count). The highest BCUT2D eigenvalue weighted by Gasteiger charge is 2.33. The summed E-state index contributed by atoms with van der Waals surface area (Å²) in [6.45, 7) is 3.30. The molecule has 0 amide bonds. The zero-order valence-electron chi connectivity index (χ0n) is 11.4. The fraction of sp³-hybridized carbons (Fsp3) is 0.538. The third-order valence-electron chi connectivity index (χ3n) is 3.34. The van der Waals surface area contributed by atoms with Crippen molar-refractivity contribution in [3.8, 4) is 0 Å². The number of nitrogens with two attached hydrogens (primary N) is 1. The van der Waals surface area contributed by atoms with E-state index >= 15 is 0 Å². The number of rotatable bonds is 4. The molecular weight excluding hydrogens is 300 g/mol. The summed E-state index contributed by atoms with van der Waals surface area (Å²) in [6, 6.07) is 4.72. The van der Waals surface area contributed by atoms with Gasteiger partial charge in [-0.2, -0.15) is 4.31 Å². The molecule has 1 saturated heterocycles. The van der Waals surface area contributed by atoms with Crippen molar-refractivity contribution < 1.29 is 13.2 Å². The summed E-state index contributed by atoms with van der Waals surface area (Å²) in [7, 11) is -3.68. The lowest BCUT2D eigenvalue weighted by Crippen LogP contribution is -2.43. The van der Waals surface area contributed by atoms with Crippen molar-refractivity contribution in [2.24, 2.45) is 0 Å². The molecule has 20 heavy (non-hydrogen) atoms. The van der Waals surface area contributed by atoms with Crippen LogP contribution in [-0.2, 0) is 14.8 Å². The van der Waals surface area contributed by atoms with Crippen LogP contribution in [0.4, 0.5) is 5.69 Å². The molecule has 1 atom stereocenters. The molecule has 1 heterocycles. The Labute approximate surface area is 124 Å². The quantitative estimate of drug-likeness (QED) is 0.863. The Hall–Kier alpha value is -0.820. The van der Waals surface area contributed by atoms with Crippen LogP contribution in [0.2, 0.25) is 5.02 Å². The number of hydrogen-bond donors (Lipinski definition) is 1. The highest BCUT2D eigenvalue weighted by atomic mass is 35.5. The predicted molar refractivity (Wildman–Crippen MR) is 79.3 cm³/mol. The van der Waals surface area contributed by atoms with Gasteiger partial charge in [-0.05, 0) is 31.9 Å². The first-order valence-electron chi connectivity index (χ1n) is 6.62. The summed E-state index contributed by atoms with van der Waals surface area (Å²) in [5.74, 6) is 0. The number of nitrogens with zero attached hydrogens (tertiary/aromatic N) is 1. The fourth-order valence-electron chi connectivity index (χ4n) is 2.42.